The molecule has 2 heterocycles. The Morgan fingerprint density at radius 2 is 2.17 bits per heavy atom. The number of rotatable bonds is 5. The molecule has 2 aromatic heterocycles. The van der Waals surface area contributed by atoms with E-state index in [1.807, 2.05) is 0 Å². The molecule has 0 radical (unpaired) electrons. The van der Waals surface area contributed by atoms with Crippen molar-refractivity contribution in [1.82, 2.24) is 19.5 Å². The predicted octanol–water partition coefficient (Wildman–Crippen LogP) is 4.04. The molecule has 1 aromatic carbocycles. The number of imidazole rings is 1. The minimum Gasteiger partial charge on any atom is -0.364 e. The van der Waals surface area contributed by atoms with Gasteiger partial charge < -0.3 is 5.32 Å². The summed E-state index contributed by atoms with van der Waals surface area (Å²) in [4.78, 5) is 13.1. The second kappa shape index (κ2) is 8.11. The Labute approximate surface area is 155 Å². The van der Waals surface area contributed by atoms with Crippen LogP contribution in [0.15, 0.2) is 36.9 Å². The third-order valence-corrected chi connectivity index (χ3v) is 4.21. The lowest BCUT2D eigenvalue weighted by atomic mass is 10.2. The first kappa shape index (κ1) is 16.7. The summed E-state index contributed by atoms with van der Waals surface area (Å²) in [7, 11) is 0. The summed E-state index contributed by atoms with van der Waals surface area (Å²) < 4.78 is 2.98. The molecule has 0 fully saturated rings. The van der Waals surface area contributed by atoms with Crippen molar-refractivity contribution < 1.29 is 0 Å². The zero-order chi connectivity index (χ0) is 16.8. The lowest BCUT2D eigenvalue weighted by molar-refractivity contribution is 0.827. The fraction of sp³-hybridized carbons (Fsp3) is 0.278. The zero-order valence-electron chi connectivity index (χ0n) is 13.5. The van der Waals surface area contributed by atoms with E-state index < -0.39 is 0 Å². The SMILES string of the molecule is CCCCC#Cn1cnc2c(NCc3cccc(I)c3)ncnc21. The van der Waals surface area contributed by atoms with Crippen LogP contribution in [-0.2, 0) is 6.54 Å². The standard InChI is InChI=1S/C18H18IN5/c1-2-3-4-5-9-24-13-23-16-17(21-12-22-18(16)24)20-11-14-7-6-8-15(19)10-14/h6-8,10,12-13H,2-4,11H2,1H3,(H,20,21,22). The van der Waals surface area contributed by atoms with E-state index in [2.05, 4.69) is 86.0 Å². The van der Waals surface area contributed by atoms with E-state index in [1.165, 1.54) is 9.13 Å². The van der Waals surface area contributed by atoms with Crippen LogP contribution in [0.3, 0.4) is 0 Å². The van der Waals surface area contributed by atoms with E-state index in [1.54, 1.807) is 17.2 Å². The molecule has 0 atom stereocenters. The molecule has 3 rings (SSSR count). The Hall–Kier alpha value is -2.14. The number of halogens is 1. The lowest BCUT2D eigenvalue weighted by Crippen LogP contribution is -2.03. The second-order valence-electron chi connectivity index (χ2n) is 5.38. The number of nitrogens with zero attached hydrogens (tertiary/aromatic N) is 4. The fourth-order valence-electron chi connectivity index (χ4n) is 2.28. The van der Waals surface area contributed by atoms with Crippen LogP contribution in [0.5, 0.6) is 0 Å². The van der Waals surface area contributed by atoms with Crippen LogP contribution >= 0.6 is 22.6 Å². The largest absolute Gasteiger partial charge is 0.364 e. The van der Waals surface area contributed by atoms with Gasteiger partial charge in [0.1, 0.15) is 12.7 Å². The number of benzene rings is 1. The van der Waals surface area contributed by atoms with E-state index in [0.29, 0.717) is 6.54 Å². The van der Waals surface area contributed by atoms with Gasteiger partial charge in [-0.1, -0.05) is 31.4 Å². The molecule has 1 N–H and O–H groups in total. The topological polar surface area (TPSA) is 55.6 Å². The summed E-state index contributed by atoms with van der Waals surface area (Å²) in [6.07, 6.45) is 6.39. The number of hydrogen-bond donors (Lipinski definition) is 1. The molecule has 24 heavy (non-hydrogen) atoms. The van der Waals surface area contributed by atoms with E-state index >= 15 is 0 Å². The van der Waals surface area contributed by atoms with Crippen LogP contribution in [0.2, 0.25) is 0 Å². The number of nitrogens with one attached hydrogen (secondary N) is 1. The van der Waals surface area contributed by atoms with Crippen LogP contribution in [0.25, 0.3) is 11.2 Å². The number of fused-ring (bicyclic) bond motifs is 1. The van der Waals surface area contributed by atoms with Gasteiger partial charge >= 0.3 is 0 Å². The van der Waals surface area contributed by atoms with Crippen LogP contribution in [0.1, 0.15) is 31.7 Å². The maximum Gasteiger partial charge on any atom is 0.177 e. The third-order valence-electron chi connectivity index (χ3n) is 3.54. The Bertz CT molecular complexity index is 891. The van der Waals surface area contributed by atoms with Crippen LogP contribution in [0, 0.1) is 15.5 Å². The summed E-state index contributed by atoms with van der Waals surface area (Å²) in [5.74, 6) is 3.89. The van der Waals surface area contributed by atoms with Gasteiger partial charge in [-0.05, 0) is 46.7 Å². The van der Waals surface area contributed by atoms with Gasteiger partial charge in [0, 0.05) is 22.6 Å². The molecule has 5 nitrogen and oxygen atoms in total. The highest BCUT2D eigenvalue weighted by atomic mass is 127. The summed E-state index contributed by atoms with van der Waals surface area (Å²) in [5.41, 5.74) is 2.68. The monoisotopic (exact) mass is 431 g/mol. The average Bonchev–Trinajstić information content (AvgIpc) is 3.01. The number of anilines is 1. The van der Waals surface area contributed by atoms with E-state index in [-0.39, 0.29) is 0 Å². The van der Waals surface area contributed by atoms with Crippen LogP contribution in [-0.4, -0.2) is 19.5 Å². The van der Waals surface area contributed by atoms with E-state index in [0.717, 1.165) is 36.2 Å². The summed E-state index contributed by atoms with van der Waals surface area (Å²) in [6.45, 7) is 2.85. The van der Waals surface area contributed by atoms with Crippen molar-refractivity contribution in [1.29, 1.82) is 0 Å². The molecule has 0 spiro atoms. The first-order valence-corrected chi connectivity index (χ1v) is 9.01. The quantitative estimate of drug-likeness (QED) is 0.377. The van der Waals surface area contributed by atoms with Crippen molar-refractivity contribution >= 4 is 39.6 Å². The molecular formula is C18H18IN5. The third kappa shape index (κ3) is 4.03. The lowest BCUT2D eigenvalue weighted by Gasteiger charge is -2.06. The van der Waals surface area contributed by atoms with Crippen molar-refractivity contribution in [2.45, 2.75) is 32.7 Å². The Morgan fingerprint density at radius 3 is 3.00 bits per heavy atom. The highest BCUT2D eigenvalue weighted by Crippen LogP contribution is 2.18. The number of hydrogen-bond acceptors (Lipinski definition) is 4. The van der Waals surface area contributed by atoms with E-state index in [4.69, 9.17) is 0 Å². The van der Waals surface area contributed by atoms with Gasteiger partial charge in [0.15, 0.2) is 17.0 Å². The maximum atomic E-state index is 4.42. The molecule has 0 unspecified atom stereocenters. The molecule has 6 heteroatoms. The van der Waals surface area contributed by atoms with Gasteiger partial charge in [-0.3, -0.25) is 0 Å². The summed E-state index contributed by atoms with van der Waals surface area (Å²) >= 11 is 2.31. The number of unbranched alkanes of at least 4 members (excludes halogenated alkanes) is 2. The molecule has 122 valence electrons. The fourth-order valence-corrected chi connectivity index (χ4v) is 2.89. The normalized spacial score (nSPS) is 10.4. The van der Waals surface area contributed by atoms with Crippen molar-refractivity contribution in [3.63, 3.8) is 0 Å². The van der Waals surface area contributed by atoms with Gasteiger partial charge in [-0.2, -0.15) is 0 Å². The van der Waals surface area contributed by atoms with Crippen molar-refractivity contribution in [2.24, 2.45) is 0 Å². The van der Waals surface area contributed by atoms with Gasteiger partial charge in [0.2, 0.25) is 0 Å². The molecule has 0 saturated heterocycles. The summed E-state index contributed by atoms with van der Waals surface area (Å²) in [6, 6.07) is 11.5. The van der Waals surface area contributed by atoms with Gasteiger partial charge in [0.05, 0.1) is 0 Å². The zero-order valence-corrected chi connectivity index (χ0v) is 15.6. The average molecular weight is 431 g/mol. The molecule has 0 aliphatic carbocycles. The predicted molar refractivity (Wildman–Crippen MR) is 105 cm³/mol. The van der Waals surface area contributed by atoms with E-state index in [9.17, 15) is 0 Å². The highest BCUT2D eigenvalue weighted by Gasteiger charge is 2.09. The molecular weight excluding hydrogens is 413 g/mol. The first-order chi connectivity index (χ1) is 11.8. The molecule has 0 saturated carbocycles. The molecule has 3 aromatic rings. The second-order valence-corrected chi connectivity index (χ2v) is 6.63. The smallest absolute Gasteiger partial charge is 0.177 e. The minimum absolute atomic E-state index is 0.692. The molecule has 0 aliphatic heterocycles. The van der Waals surface area contributed by atoms with Gasteiger partial charge in [0.25, 0.3) is 0 Å². The maximum absolute atomic E-state index is 4.42. The van der Waals surface area contributed by atoms with Gasteiger partial charge in [-0.15, -0.1) is 0 Å². The first-order valence-electron chi connectivity index (χ1n) is 7.93. The summed E-state index contributed by atoms with van der Waals surface area (Å²) in [5, 5.41) is 3.34. The number of aromatic nitrogens is 4. The molecule has 0 aliphatic rings. The Balaban J connectivity index is 1.79. The molecule has 0 amide bonds. The van der Waals surface area contributed by atoms with Crippen molar-refractivity contribution in [3.05, 3.63) is 46.1 Å². The van der Waals surface area contributed by atoms with Crippen molar-refractivity contribution in [2.75, 3.05) is 5.32 Å². The minimum atomic E-state index is 0.692. The highest BCUT2D eigenvalue weighted by molar-refractivity contribution is 14.1. The van der Waals surface area contributed by atoms with Gasteiger partial charge in [-0.25, -0.2) is 19.5 Å². The Morgan fingerprint density at radius 1 is 1.25 bits per heavy atom. The molecule has 0 bridgehead atoms. The Kier molecular flexibility index (Phi) is 5.64. The van der Waals surface area contributed by atoms with Crippen LogP contribution < -0.4 is 5.32 Å². The van der Waals surface area contributed by atoms with Crippen LogP contribution in [0.4, 0.5) is 5.82 Å². The van der Waals surface area contributed by atoms with Crippen molar-refractivity contribution in [3.8, 4) is 12.0 Å².